The van der Waals surface area contributed by atoms with E-state index in [9.17, 15) is 4.79 Å². The van der Waals surface area contributed by atoms with Crippen LogP contribution >= 0.6 is 0 Å². The summed E-state index contributed by atoms with van der Waals surface area (Å²) in [5, 5.41) is 17.2. The summed E-state index contributed by atoms with van der Waals surface area (Å²) in [5.41, 5.74) is 0. The first kappa shape index (κ1) is 16.4. The largest absolute Gasteiger partial charge is 0.481 e. The molecule has 0 saturated carbocycles. The Morgan fingerprint density at radius 3 is 2.47 bits per heavy atom. The van der Waals surface area contributed by atoms with Gasteiger partial charge in [0.25, 0.3) is 0 Å². The third-order valence-corrected chi connectivity index (χ3v) is 2.45. The molecule has 2 N–H and O–H groups in total. The third kappa shape index (κ3) is 11.6. The number of carboxylic acids is 1. The van der Waals surface area contributed by atoms with Gasteiger partial charge in [0.1, 0.15) is 0 Å². The highest BCUT2D eigenvalue weighted by Gasteiger charge is 2.08. The normalized spacial score (nSPS) is 11.4. The van der Waals surface area contributed by atoms with Crippen LogP contribution < -0.4 is 0 Å². The number of hydrogen-bond acceptors (Lipinski definition) is 4. The molecule has 0 rings (SSSR count). The Bertz CT molecular complexity index is 197. The van der Waals surface area contributed by atoms with Crippen molar-refractivity contribution in [3.63, 3.8) is 0 Å². The number of carboxylic acid groups (broad SMARTS) is 1. The Kier molecular flexibility index (Phi) is 10.1. The van der Waals surface area contributed by atoms with Gasteiger partial charge >= 0.3 is 5.97 Å². The lowest BCUT2D eigenvalue weighted by Crippen LogP contribution is -2.31. The fraction of sp³-hybridized carbons (Fsp3) is 0.917. The summed E-state index contributed by atoms with van der Waals surface area (Å²) in [6.07, 6.45) is 1.22. The van der Waals surface area contributed by atoms with Gasteiger partial charge in [-0.2, -0.15) is 0 Å². The van der Waals surface area contributed by atoms with E-state index in [0.29, 0.717) is 25.7 Å². The Balaban J connectivity index is 3.79. The Morgan fingerprint density at radius 2 is 1.94 bits per heavy atom. The summed E-state index contributed by atoms with van der Waals surface area (Å²) >= 11 is 0. The van der Waals surface area contributed by atoms with Crippen molar-refractivity contribution in [2.45, 2.75) is 26.7 Å². The summed E-state index contributed by atoms with van der Waals surface area (Å²) in [4.78, 5) is 12.6. The molecule has 0 atom stereocenters. The van der Waals surface area contributed by atoms with Crippen molar-refractivity contribution in [3.8, 4) is 0 Å². The van der Waals surface area contributed by atoms with Crippen molar-refractivity contribution in [3.05, 3.63) is 0 Å². The molecule has 0 radical (unpaired) electrons. The van der Waals surface area contributed by atoms with E-state index in [-0.39, 0.29) is 13.0 Å². The maximum absolute atomic E-state index is 10.5. The lowest BCUT2D eigenvalue weighted by atomic mass is 10.1. The number of carbonyl (C=O) groups is 1. The Morgan fingerprint density at radius 1 is 1.24 bits per heavy atom. The average Bonchev–Trinajstić information content (AvgIpc) is 2.26. The second kappa shape index (κ2) is 10.5. The van der Waals surface area contributed by atoms with E-state index >= 15 is 0 Å². The number of aliphatic hydroxyl groups is 1. The molecule has 0 amide bonds. The number of aliphatic carboxylic acids is 1. The van der Waals surface area contributed by atoms with Gasteiger partial charge in [-0.05, 0) is 18.9 Å². The molecule has 5 nitrogen and oxygen atoms in total. The van der Waals surface area contributed by atoms with Crippen LogP contribution in [0.3, 0.4) is 0 Å². The zero-order valence-corrected chi connectivity index (χ0v) is 10.9. The van der Waals surface area contributed by atoms with Crippen LogP contribution in [0.4, 0.5) is 0 Å². The molecule has 0 saturated heterocycles. The van der Waals surface area contributed by atoms with Crippen LogP contribution in [0.2, 0.25) is 0 Å². The lowest BCUT2D eigenvalue weighted by molar-refractivity contribution is -0.137. The molecule has 0 bridgehead atoms. The number of nitrogens with zero attached hydrogens (tertiary/aromatic N) is 1. The highest BCUT2D eigenvalue weighted by atomic mass is 16.5. The smallest absolute Gasteiger partial charge is 0.304 e. The molecule has 0 heterocycles. The van der Waals surface area contributed by atoms with Gasteiger partial charge in [-0.1, -0.05) is 13.8 Å². The highest BCUT2D eigenvalue weighted by molar-refractivity contribution is 5.66. The predicted octanol–water partition coefficient (Wildman–Crippen LogP) is 0.818. The third-order valence-electron chi connectivity index (χ3n) is 2.45. The second-order valence-electron chi connectivity index (χ2n) is 4.50. The number of ether oxygens (including phenoxy) is 1. The van der Waals surface area contributed by atoms with Gasteiger partial charge in [-0.15, -0.1) is 0 Å². The highest BCUT2D eigenvalue weighted by Crippen LogP contribution is 2.03. The van der Waals surface area contributed by atoms with E-state index in [0.717, 1.165) is 19.5 Å². The maximum atomic E-state index is 10.5. The van der Waals surface area contributed by atoms with E-state index in [2.05, 4.69) is 18.7 Å². The summed E-state index contributed by atoms with van der Waals surface area (Å²) in [7, 11) is 0. The standard InChI is InChI=1S/C12H25NO4/c1-11(2)3-5-13(6-4-12(15)16)7-9-17-10-8-14/h11,14H,3-10H2,1-2H3,(H,15,16). The lowest BCUT2D eigenvalue weighted by Gasteiger charge is -2.22. The van der Waals surface area contributed by atoms with Crippen molar-refractivity contribution < 1.29 is 19.7 Å². The van der Waals surface area contributed by atoms with Crippen LogP contribution in [0.15, 0.2) is 0 Å². The number of aliphatic hydroxyl groups excluding tert-OH is 1. The molecule has 0 aliphatic rings. The molecule has 0 aromatic heterocycles. The van der Waals surface area contributed by atoms with Gasteiger partial charge in [0.2, 0.25) is 0 Å². The van der Waals surface area contributed by atoms with Crippen LogP contribution in [-0.4, -0.2) is 60.5 Å². The molecule has 102 valence electrons. The molecule has 0 aromatic carbocycles. The SMILES string of the molecule is CC(C)CCN(CCOCCO)CCC(=O)O. The van der Waals surface area contributed by atoms with E-state index in [1.165, 1.54) is 0 Å². The Hall–Kier alpha value is -0.650. The monoisotopic (exact) mass is 247 g/mol. The molecule has 0 fully saturated rings. The quantitative estimate of drug-likeness (QED) is 0.529. The van der Waals surface area contributed by atoms with Gasteiger partial charge in [0.05, 0.1) is 26.2 Å². The van der Waals surface area contributed by atoms with Crippen molar-refractivity contribution in [2.24, 2.45) is 5.92 Å². The Labute approximate surface area is 103 Å². The number of rotatable bonds is 11. The topological polar surface area (TPSA) is 70.0 Å². The molecule has 0 unspecified atom stereocenters. The van der Waals surface area contributed by atoms with Gasteiger partial charge in [0.15, 0.2) is 0 Å². The fourth-order valence-corrected chi connectivity index (χ4v) is 1.39. The first-order chi connectivity index (χ1) is 8.06. The molecular formula is C12H25NO4. The summed E-state index contributed by atoms with van der Waals surface area (Å²) in [6.45, 7) is 7.39. The first-order valence-corrected chi connectivity index (χ1v) is 6.19. The summed E-state index contributed by atoms with van der Waals surface area (Å²) in [6, 6.07) is 0. The van der Waals surface area contributed by atoms with Crippen molar-refractivity contribution >= 4 is 5.97 Å². The van der Waals surface area contributed by atoms with Crippen LogP contribution in [-0.2, 0) is 9.53 Å². The molecule has 0 aromatic rings. The van der Waals surface area contributed by atoms with Gasteiger partial charge in [0, 0.05) is 13.1 Å². The minimum Gasteiger partial charge on any atom is -0.481 e. The van der Waals surface area contributed by atoms with E-state index in [1.54, 1.807) is 0 Å². The first-order valence-electron chi connectivity index (χ1n) is 6.19. The van der Waals surface area contributed by atoms with Gasteiger partial charge < -0.3 is 19.8 Å². The van der Waals surface area contributed by atoms with Crippen LogP contribution in [0.5, 0.6) is 0 Å². The average molecular weight is 247 g/mol. The number of hydrogen-bond donors (Lipinski definition) is 2. The predicted molar refractivity (Wildman–Crippen MR) is 66.1 cm³/mol. The zero-order chi connectivity index (χ0) is 13.1. The molecule has 17 heavy (non-hydrogen) atoms. The zero-order valence-electron chi connectivity index (χ0n) is 10.9. The van der Waals surface area contributed by atoms with Crippen molar-refractivity contribution in [1.82, 2.24) is 4.90 Å². The second-order valence-corrected chi connectivity index (χ2v) is 4.50. The van der Waals surface area contributed by atoms with E-state index in [4.69, 9.17) is 14.9 Å². The summed E-state index contributed by atoms with van der Waals surface area (Å²) in [5.74, 6) is -0.156. The molecular weight excluding hydrogens is 222 g/mol. The minimum absolute atomic E-state index is 0.0289. The summed E-state index contributed by atoms with van der Waals surface area (Å²) < 4.78 is 5.19. The fourth-order valence-electron chi connectivity index (χ4n) is 1.39. The van der Waals surface area contributed by atoms with Gasteiger partial charge in [-0.25, -0.2) is 0 Å². The molecule has 0 aliphatic carbocycles. The molecule has 5 heteroatoms. The van der Waals surface area contributed by atoms with Gasteiger partial charge in [-0.3, -0.25) is 4.79 Å². The van der Waals surface area contributed by atoms with Crippen LogP contribution in [0.25, 0.3) is 0 Å². The van der Waals surface area contributed by atoms with Crippen molar-refractivity contribution in [2.75, 3.05) is 39.5 Å². The van der Waals surface area contributed by atoms with Crippen LogP contribution in [0.1, 0.15) is 26.7 Å². The van der Waals surface area contributed by atoms with E-state index in [1.807, 2.05) is 0 Å². The van der Waals surface area contributed by atoms with Crippen molar-refractivity contribution in [1.29, 1.82) is 0 Å². The minimum atomic E-state index is -0.768. The molecule has 0 spiro atoms. The molecule has 0 aliphatic heterocycles. The maximum Gasteiger partial charge on any atom is 0.304 e. The van der Waals surface area contributed by atoms with Crippen LogP contribution in [0, 0.1) is 5.92 Å². The van der Waals surface area contributed by atoms with E-state index < -0.39 is 5.97 Å².